The minimum Gasteiger partial charge on any atom is -0.480 e. The first-order valence-electron chi connectivity index (χ1n) is 6.31. The number of amides is 1. The molecule has 2 N–H and O–H groups in total. The third kappa shape index (κ3) is 2.81. The number of hydrogen-bond acceptors (Lipinski definition) is 2. The van der Waals surface area contributed by atoms with Crippen molar-refractivity contribution in [2.45, 2.75) is 25.7 Å². The molecule has 1 aromatic carbocycles. The van der Waals surface area contributed by atoms with Crippen LogP contribution in [-0.4, -0.2) is 23.5 Å². The van der Waals surface area contributed by atoms with Crippen molar-refractivity contribution in [1.29, 1.82) is 0 Å². The van der Waals surface area contributed by atoms with Gasteiger partial charge in [0, 0.05) is 11.0 Å². The van der Waals surface area contributed by atoms with Gasteiger partial charge in [-0.05, 0) is 30.9 Å². The van der Waals surface area contributed by atoms with Crippen LogP contribution < -0.4 is 5.32 Å². The Bertz CT molecular complexity index is 497. The monoisotopic (exact) mass is 325 g/mol. The summed E-state index contributed by atoms with van der Waals surface area (Å²) in [4.78, 5) is 23.1. The van der Waals surface area contributed by atoms with E-state index in [9.17, 15) is 9.59 Å². The summed E-state index contributed by atoms with van der Waals surface area (Å²) in [6, 6.07) is 7.79. The van der Waals surface area contributed by atoms with E-state index in [0.29, 0.717) is 25.8 Å². The van der Waals surface area contributed by atoms with Crippen LogP contribution in [0.3, 0.4) is 0 Å². The molecule has 0 aliphatic heterocycles. The van der Waals surface area contributed by atoms with E-state index < -0.39 is 11.4 Å². The molecule has 0 aromatic heterocycles. The van der Waals surface area contributed by atoms with Gasteiger partial charge < -0.3 is 10.4 Å². The highest BCUT2D eigenvalue weighted by Gasteiger charge is 2.50. The van der Waals surface area contributed by atoms with E-state index in [1.54, 1.807) is 0 Å². The van der Waals surface area contributed by atoms with Crippen LogP contribution in [0.4, 0.5) is 0 Å². The van der Waals surface area contributed by atoms with Crippen molar-refractivity contribution >= 4 is 27.8 Å². The number of benzene rings is 1. The number of carboxylic acids is 1. The van der Waals surface area contributed by atoms with Gasteiger partial charge in [0.05, 0.1) is 0 Å². The van der Waals surface area contributed by atoms with E-state index in [4.69, 9.17) is 5.11 Å². The molecular formula is C14H16BrNO3. The van der Waals surface area contributed by atoms with E-state index in [-0.39, 0.29) is 5.91 Å². The van der Waals surface area contributed by atoms with Crippen molar-refractivity contribution in [2.75, 3.05) is 6.54 Å². The Hall–Kier alpha value is -1.36. The Balaban J connectivity index is 1.88. The summed E-state index contributed by atoms with van der Waals surface area (Å²) in [5.41, 5.74) is -0.0747. The van der Waals surface area contributed by atoms with Crippen molar-refractivity contribution in [2.24, 2.45) is 5.41 Å². The minimum atomic E-state index is -1.17. The minimum absolute atomic E-state index is 0.349. The zero-order valence-electron chi connectivity index (χ0n) is 10.5. The highest BCUT2D eigenvalue weighted by atomic mass is 79.9. The maximum atomic E-state index is 12.0. The van der Waals surface area contributed by atoms with Crippen molar-refractivity contribution in [1.82, 2.24) is 5.32 Å². The standard InChI is InChI=1S/C14H16BrNO3/c15-11-5-2-1-4-10(11)6-9-16-12(17)14(13(18)19)7-3-8-14/h1-2,4-5H,3,6-9H2,(H,16,17)(H,18,19). The molecule has 1 amide bonds. The lowest BCUT2D eigenvalue weighted by atomic mass is 9.68. The van der Waals surface area contributed by atoms with Crippen LogP contribution >= 0.6 is 15.9 Å². The smallest absolute Gasteiger partial charge is 0.319 e. The zero-order valence-corrected chi connectivity index (χ0v) is 12.1. The van der Waals surface area contributed by atoms with Crippen LogP contribution in [0.1, 0.15) is 24.8 Å². The number of hydrogen-bond donors (Lipinski definition) is 2. The molecule has 1 fully saturated rings. The molecule has 0 saturated heterocycles. The molecule has 1 aromatic rings. The summed E-state index contributed by atoms with van der Waals surface area (Å²) in [5.74, 6) is -1.35. The van der Waals surface area contributed by atoms with Crippen molar-refractivity contribution in [3.05, 3.63) is 34.3 Å². The average molecular weight is 326 g/mol. The van der Waals surface area contributed by atoms with Crippen LogP contribution in [0.5, 0.6) is 0 Å². The van der Waals surface area contributed by atoms with Gasteiger partial charge in [0.25, 0.3) is 0 Å². The van der Waals surface area contributed by atoms with E-state index >= 15 is 0 Å². The van der Waals surface area contributed by atoms with Crippen molar-refractivity contribution < 1.29 is 14.7 Å². The van der Waals surface area contributed by atoms with Crippen molar-refractivity contribution in [3.8, 4) is 0 Å². The van der Waals surface area contributed by atoms with Gasteiger partial charge in [-0.15, -0.1) is 0 Å². The molecule has 1 aliphatic carbocycles. The molecule has 0 radical (unpaired) electrons. The molecule has 0 atom stereocenters. The van der Waals surface area contributed by atoms with E-state index in [2.05, 4.69) is 21.2 Å². The van der Waals surface area contributed by atoms with E-state index in [0.717, 1.165) is 16.5 Å². The molecule has 0 bridgehead atoms. The predicted octanol–water partition coefficient (Wildman–Crippen LogP) is 2.36. The average Bonchev–Trinajstić information content (AvgIpc) is 2.29. The third-order valence-corrected chi connectivity index (χ3v) is 4.46. The maximum Gasteiger partial charge on any atom is 0.319 e. The second-order valence-corrected chi connectivity index (χ2v) is 5.69. The summed E-state index contributed by atoms with van der Waals surface area (Å²) >= 11 is 3.44. The number of rotatable bonds is 5. The fourth-order valence-corrected chi connectivity index (χ4v) is 2.73. The zero-order chi connectivity index (χ0) is 13.9. The number of halogens is 1. The second kappa shape index (κ2) is 5.74. The van der Waals surface area contributed by atoms with Crippen LogP contribution in [0.2, 0.25) is 0 Å². The van der Waals surface area contributed by atoms with Crippen LogP contribution in [0, 0.1) is 5.41 Å². The Morgan fingerprint density at radius 1 is 1.32 bits per heavy atom. The lowest BCUT2D eigenvalue weighted by molar-refractivity contribution is -0.162. The SMILES string of the molecule is O=C(O)C1(C(=O)NCCc2ccccc2Br)CCC1. The van der Waals surface area contributed by atoms with E-state index in [1.165, 1.54) is 0 Å². The number of carbonyl (C=O) groups excluding carboxylic acids is 1. The molecule has 102 valence electrons. The highest BCUT2D eigenvalue weighted by Crippen LogP contribution is 2.41. The molecule has 1 saturated carbocycles. The molecule has 19 heavy (non-hydrogen) atoms. The lowest BCUT2D eigenvalue weighted by Gasteiger charge is -2.35. The number of nitrogens with one attached hydrogen (secondary N) is 1. The van der Waals surface area contributed by atoms with Gasteiger partial charge >= 0.3 is 5.97 Å². The maximum absolute atomic E-state index is 12.0. The Kier molecular flexibility index (Phi) is 4.24. The van der Waals surface area contributed by atoms with Gasteiger partial charge in [-0.25, -0.2) is 0 Å². The van der Waals surface area contributed by atoms with Gasteiger partial charge in [0.15, 0.2) is 0 Å². The van der Waals surface area contributed by atoms with Gasteiger partial charge in [-0.1, -0.05) is 40.5 Å². The fraction of sp³-hybridized carbons (Fsp3) is 0.429. The summed E-state index contributed by atoms with van der Waals surface area (Å²) in [6.45, 7) is 0.455. The first kappa shape index (κ1) is 14.1. The first-order chi connectivity index (χ1) is 9.06. The quantitative estimate of drug-likeness (QED) is 0.817. The van der Waals surface area contributed by atoms with Gasteiger partial charge in [-0.3, -0.25) is 9.59 Å². The van der Waals surface area contributed by atoms with Gasteiger partial charge in [0.2, 0.25) is 5.91 Å². The van der Waals surface area contributed by atoms with Crippen LogP contribution in [-0.2, 0) is 16.0 Å². The summed E-state index contributed by atoms with van der Waals surface area (Å²) in [5, 5.41) is 11.9. The number of carboxylic acid groups (broad SMARTS) is 1. The van der Waals surface area contributed by atoms with Crippen molar-refractivity contribution in [3.63, 3.8) is 0 Å². The van der Waals surface area contributed by atoms with E-state index in [1.807, 2.05) is 24.3 Å². The summed E-state index contributed by atoms with van der Waals surface area (Å²) in [7, 11) is 0. The predicted molar refractivity (Wildman–Crippen MR) is 74.8 cm³/mol. The van der Waals surface area contributed by atoms with Gasteiger partial charge in [0.1, 0.15) is 5.41 Å². The Morgan fingerprint density at radius 2 is 2.00 bits per heavy atom. The van der Waals surface area contributed by atoms with Crippen LogP contribution in [0.25, 0.3) is 0 Å². The Morgan fingerprint density at radius 3 is 2.53 bits per heavy atom. The normalized spacial score (nSPS) is 16.5. The fourth-order valence-electron chi connectivity index (χ4n) is 2.25. The molecule has 0 spiro atoms. The molecule has 2 rings (SSSR count). The Labute approximate surface area is 120 Å². The largest absolute Gasteiger partial charge is 0.480 e. The highest BCUT2D eigenvalue weighted by molar-refractivity contribution is 9.10. The summed E-state index contributed by atoms with van der Waals surface area (Å²) < 4.78 is 1.00. The van der Waals surface area contributed by atoms with Crippen LogP contribution in [0.15, 0.2) is 28.7 Å². The van der Waals surface area contributed by atoms with Gasteiger partial charge in [-0.2, -0.15) is 0 Å². The first-order valence-corrected chi connectivity index (χ1v) is 7.11. The molecule has 4 nitrogen and oxygen atoms in total. The molecule has 1 aliphatic rings. The second-order valence-electron chi connectivity index (χ2n) is 4.84. The number of aliphatic carboxylic acids is 1. The topological polar surface area (TPSA) is 66.4 Å². The molecular weight excluding hydrogens is 310 g/mol. The molecule has 0 heterocycles. The molecule has 5 heteroatoms. The third-order valence-electron chi connectivity index (χ3n) is 3.69. The molecule has 0 unspecified atom stereocenters. The number of carbonyl (C=O) groups is 2. The lowest BCUT2D eigenvalue weighted by Crippen LogP contribution is -2.51. The summed E-state index contributed by atoms with van der Waals surface area (Å²) in [6.07, 6.45) is 2.39.